The molecule has 4 nitrogen and oxygen atoms in total. The first kappa shape index (κ1) is 7.22. The molecule has 0 unspecified atom stereocenters. The summed E-state index contributed by atoms with van der Waals surface area (Å²) in [6, 6.07) is 3.92. The lowest BCUT2D eigenvalue weighted by molar-refractivity contribution is 0.477. The molecule has 0 aliphatic rings. The van der Waals surface area contributed by atoms with E-state index < -0.39 is 0 Å². The fraction of sp³-hybridized carbons (Fsp3) is 0. The molecule has 1 aromatic rings. The fourth-order valence-electron chi connectivity index (χ4n) is 0.659. The van der Waals surface area contributed by atoms with Gasteiger partial charge >= 0.3 is 0 Å². The first-order valence-corrected chi connectivity index (χ1v) is 2.82. The molecule has 1 rings (SSSR count). The van der Waals surface area contributed by atoms with Crippen LogP contribution in [0.3, 0.4) is 0 Å². The number of phenolic OH excluding ortho intramolecular Hbond substituents is 1. The molecule has 0 amide bonds. The zero-order chi connectivity index (χ0) is 8.27. The molecule has 0 aromatic heterocycles. The average molecular weight is 148 g/mol. The van der Waals surface area contributed by atoms with Crippen LogP contribution in [0.25, 0.3) is 4.85 Å². The quantitative estimate of drug-likeness (QED) is 0.490. The number of hydrogen-bond donors (Lipinski definition) is 1. The second-order valence-electron chi connectivity index (χ2n) is 1.88. The summed E-state index contributed by atoms with van der Waals surface area (Å²) < 4.78 is 0. The molecule has 0 radical (unpaired) electrons. The van der Waals surface area contributed by atoms with Gasteiger partial charge in [0.25, 0.3) is 0 Å². The van der Waals surface area contributed by atoms with E-state index in [1.807, 2.05) is 0 Å². The second kappa shape index (κ2) is 2.80. The van der Waals surface area contributed by atoms with Gasteiger partial charge < -0.3 is 5.11 Å². The van der Waals surface area contributed by atoms with E-state index in [0.717, 1.165) is 0 Å². The molecule has 0 saturated carbocycles. The van der Waals surface area contributed by atoms with Crippen molar-refractivity contribution in [2.75, 3.05) is 0 Å². The van der Waals surface area contributed by atoms with Crippen molar-refractivity contribution in [3.63, 3.8) is 0 Å². The zero-order valence-electron chi connectivity index (χ0n) is 5.48. The van der Waals surface area contributed by atoms with Crippen molar-refractivity contribution in [3.8, 4) is 5.75 Å². The summed E-state index contributed by atoms with van der Waals surface area (Å²) in [5, 5.41) is 11.5. The minimum Gasteiger partial charge on any atom is -0.507 e. The highest BCUT2D eigenvalue weighted by atomic mass is 16.3. The third-order valence-electron chi connectivity index (χ3n) is 1.19. The largest absolute Gasteiger partial charge is 0.507 e. The van der Waals surface area contributed by atoms with Crippen LogP contribution in [0.5, 0.6) is 5.75 Å². The van der Waals surface area contributed by atoms with Crippen LogP contribution in [-0.4, -0.2) is 5.11 Å². The van der Waals surface area contributed by atoms with Crippen molar-refractivity contribution in [2.45, 2.75) is 0 Å². The van der Waals surface area contributed by atoms with E-state index in [9.17, 15) is 4.91 Å². The molecule has 1 aromatic carbocycles. The van der Waals surface area contributed by atoms with E-state index in [1.54, 1.807) is 0 Å². The van der Waals surface area contributed by atoms with Gasteiger partial charge in [-0.25, -0.2) is 4.85 Å². The number of hydrogen-bond acceptors (Lipinski definition) is 3. The molecule has 4 heteroatoms. The smallest absolute Gasteiger partial charge is 0.191 e. The van der Waals surface area contributed by atoms with Gasteiger partial charge in [0.2, 0.25) is 0 Å². The Balaban J connectivity index is 3.22. The Morgan fingerprint density at radius 1 is 1.55 bits per heavy atom. The van der Waals surface area contributed by atoms with Gasteiger partial charge in [-0.3, -0.25) is 0 Å². The van der Waals surface area contributed by atoms with Gasteiger partial charge in [0, 0.05) is 0 Å². The predicted molar refractivity (Wildman–Crippen MR) is 39.8 cm³/mol. The number of nitrogens with zero attached hydrogens (tertiary/aromatic N) is 2. The lowest BCUT2D eigenvalue weighted by atomic mass is 10.3. The van der Waals surface area contributed by atoms with Crippen molar-refractivity contribution in [1.82, 2.24) is 0 Å². The second-order valence-corrected chi connectivity index (χ2v) is 1.88. The molecule has 0 aliphatic heterocycles. The maximum Gasteiger partial charge on any atom is 0.191 e. The van der Waals surface area contributed by atoms with Gasteiger partial charge in [0.1, 0.15) is 11.4 Å². The number of phenols is 1. The molecule has 0 bridgehead atoms. The number of aromatic hydroxyl groups is 1. The molecule has 0 heterocycles. The van der Waals surface area contributed by atoms with Crippen LogP contribution in [0, 0.1) is 11.5 Å². The number of benzene rings is 1. The normalized spacial score (nSPS) is 8.64. The van der Waals surface area contributed by atoms with Crippen molar-refractivity contribution >= 4 is 11.4 Å². The van der Waals surface area contributed by atoms with Crippen molar-refractivity contribution in [2.24, 2.45) is 5.18 Å². The van der Waals surface area contributed by atoms with Crippen LogP contribution < -0.4 is 0 Å². The Morgan fingerprint density at radius 3 is 2.73 bits per heavy atom. The van der Waals surface area contributed by atoms with Crippen LogP contribution in [-0.2, 0) is 0 Å². The lowest BCUT2D eigenvalue weighted by Crippen LogP contribution is -1.65. The molecular formula is C7H4N2O2. The van der Waals surface area contributed by atoms with Gasteiger partial charge in [-0.05, 0) is 17.3 Å². The van der Waals surface area contributed by atoms with Gasteiger partial charge in [-0.1, -0.05) is 6.07 Å². The predicted octanol–water partition coefficient (Wildman–Crippen LogP) is 2.34. The summed E-state index contributed by atoms with van der Waals surface area (Å²) in [7, 11) is 0. The zero-order valence-corrected chi connectivity index (χ0v) is 5.48. The number of rotatable bonds is 1. The van der Waals surface area contributed by atoms with Crippen LogP contribution in [0.1, 0.15) is 0 Å². The van der Waals surface area contributed by atoms with Gasteiger partial charge in [0.15, 0.2) is 5.69 Å². The highest BCUT2D eigenvalue weighted by Crippen LogP contribution is 2.29. The van der Waals surface area contributed by atoms with Crippen LogP contribution in [0.4, 0.5) is 11.4 Å². The third kappa shape index (κ3) is 1.33. The van der Waals surface area contributed by atoms with E-state index in [2.05, 4.69) is 10.0 Å². The average Bonchev–Trinajstić information content (AvgIpc) is 2.04. The standard InChI is InChI=1S/C7H4N2O2/c1-8-5-2-3-6(9-11)7(10)4-5/h2-4,10H. The molecule has 0 saturated heterocycles. The Bertz CT molecular complexity index is 328. The first-order chi connectivity index (χ1) is 5.27. The molecule has 54 valence electrons. The van der Waals surface area contributed by atoms with Crippen molar-refractivity contribution in [1.29, 1.82) is 0 Å². The topological polar surface area (TPSA) is 54.0 Å². The fourth-order valence-corrected chi connectivity index (χ4v) is 0.659. The van der Waals surface area contributed by atoms with E-state index >= 15 is 0 Å². The maximum atomic E-state index is 9.94. The summed E-state index contributed by atoms with van der Waals surface area (Å²) in [5.41, 5.74) is 0.243. The molecule has 0 atom stereocenters. The highest BCUT2D eigenvalue weighted by molar-refractivity contribution is 5.60. The summed E-state index contributed by atoms with van der Waals surface area (Å²) in [6.45, 7) is 6.57. The van der Waals surface area contributed by atoms with E-state index in [0.29, 0.717) is 0 Å². The third-order valence-corrected chi connectivity index (χ3v) is 1.19. The Kier molecular flexibility index (Phi) is 1.83. The summed E-state index contributed by atoms with van der Waals surface area (Å²) in [6.07, 6.45) is 0. The molecule has 11 heavy (non-hydrogen) atoms. The lowest BCUT2D eigenvalue weighted by Gasteiger charge is -1.93. The van der Waals surface area contributed by atoms with Gasteiger partial charge in [0.05, 0.1) is 6.57 Å². The number of nitroso groups, excluding NO2 is 1. The molecular weight excluding hydrogens is 144 g/mol. The monoisotopic (exact) mass is 148 g/mol. The Labute approximate surface area is 62.9 Å². The molecule has 0 aliphatic carbocycles. The van der Waals surface area contributed by atoms with Crippen LogP contribution >= 0.6 is 0 Å². The van der Waals surface area contributed by atoms with Crippen LogP contribution in [0.2, 0.25) is 0 Å². The Hall–Kier alpha value is -1.89. The minimum absolute atomic E-state index is 0.0441. The minimum atomic E-state index is -0.256. The van der Waals surface area contributed by atoms with E-state index in [4.69, 9.17) is 11.7 Å². The molecule has 0 fully saturated rings. The van der Waals surface area contributed by atoms with Gasteiger partial charge in [-0.15, -0.1) is 4.91 Å². The summed E-state index contributed by atoms with van der Waals surface area (Å²) >= 11 is 0. The molecule has 1 N–H and O–H groups in total. The Morgan fingerprint density at radius 2 is 2.27 bits per heavy atom. The van der Waals surface area contributed by atoms with Crippen LogP contribution in [0.15, 0.2) is 23.4 Å². The van der Waals surface area contributed by atoms with E-state index in [-0.39, 0.29) is 17.1 Å². The molecule has 0 spiro atoms. The summed E-state index contributed by atoms with van der Waals surface area (Å²) in [5.74, 6) is -0.256. The van der Waals surface area contributed by atoms with Crippen molar-refractivity contribution in [3.05, 3.63) is 34.5 Å². The van der Waals surface area contributed by atoms with E-state index in [1.165, 1.54) is 18.2 Å². The highest BCUT2D eigenvalue weighted by Gasteiger charge is 2.00. The van der Waals surface area contributed by atoms with Crippen molar-refractivity contribution < 1.29 is 5.11 Å². The van der Waals surface area contributed by atoms with Gasteiger partial charge in [-0.2, -0.15) is 0 Å². The SMILES string of the molecule is [C-]#[N+]c1ccc(N=O)c(O)c1. The first-order valence-electron chi connectivity index (χ1n) is 2.82. The maximum absolute atomic E-state index is 9.94. The summed E-state index contributed by atoms with van der Waals surface area (Å²) in [4.78, 5) is 13.0.